The molecule has 6 nitrogen and oxygen atoms in total. The van der Waals surface area contributed by atoms with E-state index in [1.807, 2.05) is 37.3 Å². The molecule has 1 heterocycles. The van der Waals surface area contributed by atoms with Gasteiger partial charge in [-0.1, -0.05) is 48.0 Å². The number of piperidine rings is 1. The van der Waals surface area contributed by atoms with Crippen molar-refractivity contribution in [2.24, 2.45) is 0 Å². The Kier molecular flexibility index (Phi) is 5.64. The predicted molar refractivity (Wildman–Crippen MR) is 102 cm³/mol. The van der Waals surface area contributed by atoms with E-state index < -0.39 is 15.7 Å². The maximum atomic E-state index is 12.5. The molecule has 0 radical (unpaired) electrons. The van der Waals surface area contributed by atoms with Gasteiger partial charge < -0.3 is 5.32 Å². The minimum Gasteiger partial charge on any atom is -0.347 e. The molecule has 1 aliphatic rings. The van der Waals surface area contributed by atoms with Crippen LogP contribution in [0.15, 0.2) is 59.5 Å². The molecule has 1 saturated heterocycles. The van der Waals surface area contributed by atoms with Crippen molar-refractivity contribution in [3.8, 4) is 0 Å². The highest BCUT2D eigenvalue weighted by Gasteiger charge is 2.38. The number of benzene rings is 2. The molecule has 1 N–H and O–H groups in total. The Labute approximate surface area is 160 Å². The monoisotopic (exact) mass is 388 g/mol. The minimum absolute atomic E-state index is 0.111. The zero-order valence-electron chi connectivity index (χ0n) is 15.5. The van der Waals surface area contributed by atoms with Gasteiger partial charge >= 0.3 is 10.1 Å². The number of hydroxylamine groups is 2. The van der Waals surface area contributed by atoms with Crippen molar-refractivity contribution in [3.05, 3.63) is 65.7 Å². The first kappa shape index (κ1) is 19.5. The average Bonchev–Trinajstić information content (AvgIpc) is 2.64. The number of carbonyl (C=O) groups is 1. The van der Waals surface area contributed by atoms with Crippen LogP contribution in [0.3, 0.4) is 0 Å². The molecule has 0 aromatic heterocycles. The van der Waals surface area contributed by atoms with Gasteiger partial charge in [-0.15, -0.1) is 0 Å². The van der Waals surface area contributed by atoms with Crippen LogP contribution in [0.2, 0.25) is 0 Å². The summed E-state index contributed by atoms with van der Waals surface area (Å²) >= 11 is 0. The lowest BCUT2D eigenvalue weighted by Gasteiger charge is -2.41. The molecule has 2 aromatic rings. The summed E-state index contributed by atoms with van der Waals surface area (Å²) < 4.78 is 30.3. The second kappa shape index (κ2) is 7.80. The summed E-state index contributed by atoms with van der Waals surface area (Å²) in [5.74, 6) is -0.111. The van der Waals surface area contributed by atoms with Crippen LogP contribution in [0, 0.1) is 6.92 Å². The van der Waals surface area contributed by atoms with Gasteiger partial charge in [-0.25, -0.2) is 0 Å². The van der Waals surface area contributed by atoms with Crippen LogP contribution in [0.1, 0.15) is 30.9 Å². The molecule has 1 amide bonds. The number of hydrogen-bond acceptors (Lipinski definition) is 5. The number of aryl methyl sites for hydroxylation is 1. The maximum Gasteiger partial charge on any atom is 0.313 e. The lowest BCUT2D eigenvalue weighted by atomic mass is 9.81. The van der Waals surface area contributed by atoms with Gasteiger partial charge in [0.25, 0.3) is 0 Å². The molecule has 0 bridgehead atoms. The largest absolute Gasteiger partial charge is 0.347 e. The number of nitrogens with zero attached hydrogens (tertiary/aromatic N) is 1. The van der Waals surface area contributed by atoms with E-state index in [9.17, 15) is 13.2 Å². The van der Waals surface area contributed by atoms with Gasteiger partial charge in [-0.3, -0.25) is 4.79 Å². The highest BCUT2D eigenvalue weighted by atomic mass is 32.2. The summed E-state index contributed by atoms with van der Waals surface area (Å²) in [6.07, 6.45) is 1.11. The number of rotatable bonds is 5. The SMILES string of the molecule is CC(=O)NC1(c2ccccc2)CCN(OS(=O)(=O)c2ccc(C)cc2)CC1. The van der Waals surface area contributed by atoms with Gasteiger partial charge in [0.2, 0.25) is 5.91 Å². The summed E-state index contributed by atoms with van der Waals surface area (Å²) in [5.41, 5.74) is 1.48. The Hall–Kier alpha value is -2.22. The molecule has 0 saturated carbocycles. The van der Waals surface area contributed by atoms with Crippen LogP contribution in [-0.2, 0) is 24.7 Å². The molecule has 0 aliphatic carbocycles. The summed E-state index contributed by atoms with van der Waals surface area (Å²) in [5, 5.41) is 4.52. The molecule has 3 rings (SSSR count). The van der Waals surface area contributed by atoms with Crippen molar-refractivity contribution in [2.45, 2.75) is 37.1 Å². The molecule has 0 atom stereocenters. The average molecular weight is 388 g/mol. The van der Waals surface area contributed by atoms with Gasteiger partial charge in [-0.2, -0.15) is 17.8 Å². The summed E-state index contributed by atoms with van der Waals surface area (Å²) in [6, 6.07) is 16.3. The van der Waals surface area contributed by atoms with Crippen molar-refractivity contribution < 1.29 is 17.5 Å². The topological polar surface area (TPSA) is 75.7 Å². The fraction of sp³-hybridized carbons (Fsp3) is 0.350. The van der Waals surface area contributed by atoms with E-state index >= 15 is 0 Å². The van der Waals surface area contributed by atoms with E-state index in [0.717, 1.165) is 11.1 Å². The van der Waals surface area contributed by atoms with Crippen molar-refractivity contribution in [1.29, 1.82) is 0 Å². The zero-order valence-corrected chi connectivity index (χ0v) is 16.3. The molecule has 27 heavy (non-hydrogen) atoms. The van der Waals surface area contributed by atoms with E-state index in [1.54, 1.807) is 24.3 Å². The molecular weight excluding hydrogens is 364 g/mol. The molecule has 0 spiro atoms. The van der Waals surface area contributed by atoms with E-state index in [0.29, 0.717) is 25.9 Å². The minimum atomic E-state index is -3.86. The van der Waals surface area contributed by atoms with Crippen LogP contribution < -0.4 is 5.32 Å². The molecule has 1 fully saturated rings. The molecule has 7 heteroatoms. The van der Waals surface area contributed by atoms with E-state index in [1.165, 1.54) is 12.0 Å². The van der Waals surface area contributed by atoms with Crippen molar-refractivity contribution in [1.82, 2.24) is 10.4 Å². The number of carbonyl (C=O) groups excluding carboxylic acids is 1. The lowest BCUT2D eigenvalue weighted by molar-refractivity contribution is -0.124. The summed E-state index contributed by atoms with van der Waals surface area (Å²) in [6.45, 7) is 4.17. The fourth-order valence-electron chi connectivity index (χ4n) is 3.41. The number of nitrogens with one attached hydrogen (secondary N) is 1. The standard InChI is InChI=1S/C20H24N2O4S/c1-16-8-10-19(11-9-16)27(24,25)26-22-14-12-20(13-15-22,21-17(2)23)18-6-4-3-5-7-18/h3-11H,12-15H2,1-2H3,(H,21,23). The van der Waals surface area contributed by atoms with Crippen LogP contribution in [-0.4, -0.2) is 32.5 Å². The highest BCUT2D eigenvalue weighted by molar-refractivity contribution is 7.86. The first-order chi connectivity index (χ1) is 12.8. The van der Waals surface area contributed by atoms with Gasteiger partial charge in [0.05, 0.1) is 10.4 Å². The molecule has 0 unspecified atom stereocenters. The Bertz CT molecular complexity index is 887. The second-order valence-corrected chi connectivity index (χ2v) is 8.43. The molecule has 144 valence electrons. The molecule has 2 aromatic carbocycles. The smallest absolute Gasteiger partial charge is 0.313 e. The Morgan fingerprint density at radius 3 is 2.19 bits per heavy atom. The summed E-state index contributed by atoms with van der Waals surface area (Å²) in [4.78, 5) is 11.9. The zero-order chi connectivity index (χ0) is 19.5. The van der Waals surface area contributed by atoms with Gasteiger partial charge in [0, 0.05) is 20.0 Å². The van der Waals surface area contributed by atoms with Crippen LogP contribution in [0.25, 0.3) is 0 Å². The first-order valence-corrected chi connectivity index (χ1v) is 10.3. The number of amides is 1. The van der Waals surface area contributed by atoms with E-state index in [4.69, 9.17) is 4.28 Å². The first-order valence-electron chi connectivity index (χ1n) is 8.91. The van der Waals surface area contributed by atoms with Crippen LogP contribution >= 0.6 is 0 Å². The third-order valence-electron chi connectivity index (χ3n) is 4.83. The van der Waals surface area contributed by atoms with E-state index in [2.05, 4.69) is 5.32 Å². The lowest BCUT2D eigenvalue weighted by Crippen LogP contribution is -2.52. The third kappa shape index (κ3) is 4.55. The van der Waals surface area contributed by atoms with E-state index in [-0.39, 0.29) is 10.8 Å². The van der Waals surface area contributed by atoms with Crippen molar-refractivity contribution >= 4 is 16.0 Å². The van der Waals surface area contributed by atoms with Crippen LogP contribution in [0.4, 0.5) is 0 Å². The van der Waals surface area contributed by atoms with Crippen LogP contribution in [0.5, 0.6) is 0 Å². The Morgan fingerprint density at radius 2 is 1.63 bits per heavy atom. The maximum absolute atomic E-state index is 12.5. The normalized spacial score (nSPS) is 17.4. The van der Waals surface area contributed by atoms with Crippen molar-refractivity contribution in [3.63, 3.8) is 0 Å². The van der Waals surface area contributed by atoms with Gasteiger partial charge in [0.15, 0.2) is 0 Å². The Balaban J connectivity index is 1.73. The quantitative estimate of drug-likeness (QED) is 0.852. The highest BCUT2D eigenvalue weighted by Crippen LogP contribution is 2.33. The van der Waals surface area contributed by atoms with Crippen molar-refractivity contribution in [2.75, 3.05) is 13.1 Å². The molecular formula is C20H24N2O4S. The summed E-state index contributed by atoms with van der Waals surface area (Å²) in [7, 11) is -3.86. The fourth-order valence-corrected chi connectivity index (χ4v) is 4.39. The Morgan fingerprint density at radius 1 is 1.04 bits per heavy atom. The third-order valence-corrected chi connectivity index (χ3v) is 6.09. The second-order valence-electron chi connectivity index (χ2n) is 6.90. The predicted octanol–water partition coefficient (Wildman–Crippen LogP) is 2.74. The van der Waals surface area contributed by atoms with Gasteiger partial charge in [0.1, 0.15) is 0 Å². The number of hydrogen-bond donors (Lipinski definition) is 1. The molecule has 1 aliphatic heterocycles. The van der Waals surface area contributed by atoms with Gasteiger partial charge in [-0.05, 0) is 37.5 Å².